The van der Waals surface area contributed by atoms with Gasteiger partial charge in [0.05, 0.1) is 10.6 Å². The summed E-state index contributed by atoms with van der Waals surface area (Å²) in [5, 5.41) is 18.0. The third-order valence-corrected chi connectivity index (χ3v) is 4.29. The van der Waals surface area contributed by atoms with Gasteiger partial charge in [0, 0.05) is 17.7 Å². The van der Waals surface area contributed by atoms with E-state index in [1.54, 1.807) is 30.3 Å². The van der Waals surface area contributed by atoms with Gasteiger partial charge >= 0.3 is 0 Å². The van der Waals surface area contributed by atoms with Crippen LogP contribution in [0.4, 0.5) is 11.4 Å². The topological polar surface area (TPSA) is 112 Å². The number of carbonyl (C=O) groups is 1. The minimum absolute atomic E-state index is 0.0541. The molecule has 1 N–H and O–H groups in total. The molecule has 9 heteroatoms. The van der Waals surface area contributed by atoms with Crippen molar-refractivity contribution in [3.8, 4) is 22.9 Å². The molecule has 0 radical (unpaired) electrons. The second kappa shape index (κ2) is 8.87. The van der Waals surface area contributed by atoms with Gasteiger partial charge in [0.2, 0.25) is 5.91 Å². The lowest BCUT2D eigenvalue weighted by Crippen LogP contribution is -2.19. The molecule has 4 aromatic rings. The standard InChI is InChI=1S/C22H17N5O4/c28-21(24-19-11-4-5-12-20(19)31-18-9-2-1-3-10-18)14-26-15-23-22(25-26)16-7-6-8-17(13-16)27(29)30/h1-13,15H,14H2,(H,24,28). The molecule has 0 unspecified atom stereocenters. The van der Waals surface area contributed by atoms with Crippen molar-refractivity contribution in [3.05, 3.63) is 95.3 Å². The normalized spacial score (nSPS) is 10.5. The second-order valence-corrected chi connectivity index (χ2v) is 6.53. The molecule has 1 heterocycles. The first kappa shape index (κ1) is 19.8. The van der Waals surface area contributed by atoms with Gasteiger partial charge in [-0.1, -0.05) is 42.5 Å². The minimum atomic E-state index is -0.483. The molecule has 0 aliphatic carbocycles. The maximum absolute atomic E-state index is 12.5. The zero-order valence-electron chi connectivity index (χ0n) is 16.2. The molecule has 0 saturated carbocycles. The van der Waals surface area contributed by atoms with E-state index in [1.165, 1.54) is 23.1 Å². The van der Waals surface area contributed by atoms with Gasteiger partial charge in [0.25, 0.3) is 5.69 Å². The average Bonchev–Trinajstić information content (AvgIpc) is 3.24. The van der Waals surface area contributed by atoms with E-state index in [0.717, 1.165) is 0 Å². The fourth-order valence-corrected chi connectivity index (χ4v) is 2.87. The number of aromatic nitrogens is 3. The lowest BCUT2D eigenvalue weighted by atomic mass is 10.2. The highest BCUT2D eigenvalue weighted by atomic mass is 16.6. The van der Waals surface area contributed by atoms with Gasteiger partial charge in [-0.3, -0.25) is 14.9 Å². The Kier molecular flexibility index (Phi) is 5.66. The van der Waals surface area contributed by atoms with Gasteiger partial charge in [0.1, 0.15) is 18.6 Å². The molecular weight excluding hydrogens is 398 g/mol. The van der Waals surface area contributed by atoms with Crippen LogP contribution in [0.3, 0.4) is 0 Å². The highest BCUT2D eigenvalue weighted by Crippen LogP contribution is 2.29. The molecule has 0 bridgehead atoms. The Bertz CT molecular complexity index is 1220. The summed E-state index contributed by atoms with van der Waals surface area (Å²) in [7, 11) is 0. The van der Waals surface area contributed by atoms with Crippen LogP contribution in [0.5, 0.6) is 11.5 Å². The first-order chi connectivity index (χ1) is 15.1. The summed E-state index contributed by atoms with van der Waals surface area (Å²) >= 11 is 0. The molecule has 0 atom stereocenters. The van der Waals surface area contributed by atoms with E-state index in [4.69, 9.17) is 4.74 Å². The lowest BCUT2D eigenvalue weighted by Gasteiger charge is -2.12. The Morgan fingerprint density at radius 3 is 2.61 bits per heavy atom. The van der Waals surface area contributed by atoms with Crippen molar-refractivity contribution in [2.24, 2.45) is 0 Å². The number of para-hydroxylation sites is 3. The predicted octanol–water partition coefficient (Wildman–Crippen LogP) is 4.28. The number of nitro groups is 1. The van der Waals surface area contributed by atoms with Crippen molar-refractivity contribution in [2.45, 2.75) is 6.54 Å². The number of amides is 1. The van der Waals surface area contributed by atoms with Crippen LogP contribution in [0, 0.1) is 10.1 Å². The summed E-state index contributed by atoms with van der Waals surface area (Å²) in [5.74, 6) is 1.14. The van der Waals surface area contributed by atoms with Crippen LogP contribution in [-0.2, 0) is 11.3 Å². The molecule has 4 rings (SSSR count). The first-order valence-electron chi connectivity index (χ1n) is 9.34. The van der Waals surface area contributed by atoms with Gasteiger partial charge in [-0.15, -0.1) is 0 Å². The smallest absolute Gasteiger partial charge is 0.270 e. The summed E-state index contributed by atoms with van der Waals surface area (Å²) in [4.78, 5) is 27.1. The van der Waals surface area contributed by atoms with Gasteiger partial charge in [-0.2, -0.15) is 5.10 Å². The largest absolute Gasteiger partial charge is 0.455 e. The van der Waals surface area contributed by atoms with E-state index in [9.17, 15) is 14.9 Å². The van der Waals surface area contributed by atoms with Crippen LogP contribution in [0.2, 0.25) is 0 Å². The van der Waals surface area contributed by atoms with Crippen LogP contribution < -0.4 is 10.1 Å². The van der Waals surface area contributed by atoms with Crippen molar-refractivity contribution >= 4 is 17.3 Å². The molecule has 0 aliphatic rings. The van der Waals surface area contributed by atoms with Crippen molar-refractivity contribution in [1.82, 2.24) is 14.8 Å². The number of nitro benzene ring substituents is 1. The molecule has 31 heavy (non-hydrogen) atoms. The number of carbonyl (C=O) groups excluding carboxylic acids is 1. The Morgan fingerprint density at radius 1 is 1.03 bits per heavy atom. The van der Waals surface area contributed by atoms with Gasteiger partial charge < -0.3 is 10.1 Å². The fraction of sp³-hybridized carbons (Fsp3) is 0.0455. The van der Waals surface area contributed by atoms with Crippen LogP contribution in [-0.4, -0.2) is 25.6 Å². The van der Waals surface area contributed by atoms with Gasteiger partial charge in [-0.05, 0) is 24.3 Å². The second-order valence-electron chi connectivity index (χ2n) is 6.53. The van der Waals surface area contributed by atoms with E-state index in [-0.39, 0.29) is 18.1 Å². The maximum atomic E-state index is 12.5. The van der Waals surface area contributed by atoms with Crippen molar-refractivity contribution in [2.75, 3.05) is 5.32 Å². The van der Waals surface area contributed by atoms with E-state index in [2.05, 4.69) is 15.4 Å². The number of nitrogens with zero attached hydrogens (tertiary/aromatic N) is 4. The third-order valence-electron chi connectivity index (χ3n) is 4.29. The Hall–Kier alpha value is -4.53. The number of ether oxygens (including phenoxy) is 1. The van der Waals surface area contributed by atoms with E-state index in [1.807, 2.05) is 36.4 Å². The van der Waals surface area contributed by atoms with Crippen molar-refractivity contribution in [1.29, 1.82) is 0 Å². The number of hydrogen-bond acceptors (Lipinski definition) is 6. The highest BCUT2D eigenvalue weighted by molar-refractivity contribution is 5.92. The van der Waals surface area contributed by atoms with E-state index >= 15 is 0 Å². The van der Waals surface area contributed by atoms with Crippen LogP contribution in [0.15, 0.2) is 85.2 Å². The van der Waals surface area contributed by atoms with Crippen LogP contribution in [0.1, 0.15) is 0 Å². The SMILES string of the molecule is O=C(Cn1cnc(-c2cccc([N+](=O)[O-])c2)n1)Nc1ccccc1Oc1ccccc1. The van der Waals surface area contributed by atoms with E-state index in [0.29, 0.717) is 28.6 Å². The molecule has 0 spiro atoms. The Balaban J connectivity index is 1.45. The third kappa shape index (κ3) is 4.91. The molecule has 3 aromatic carbocycles. The quantitative estimate of drug-likeness (QED) is 0.356. The summed E-state index contributed by atoms with van der Waals surface area (Å²) in [5.41, 5.74) is 0.965. The summed E-state index contributed by atoms with van der Waals surface area (Å²) in [6.45, 7) is -0.0817. The molecule has 1 amide bonds. The fourth-order valence-electron chi connectivity index (χ4n) is 2.87. The summed E-state index contributed by atoms with van der Waals surface area (Å²) in [6, 6.07) is 22.4. The summed E-state index contributed by atoms with van der Waals surface area (Å²) in [6.07, 6.45) is 1.40. The van der Waals surface area contributed by atoms with E-state index < -0.39 is 4.92 Å². The number of rotatable bonds is 7. The monoisotopic (exact) mass is 415 g/mol. The average molecular weight is 415 g/mol. The number of non-ortho nitro benzene ring substituents is 1. The van der Waals surface area contributed by atoms with Crippen LogP contribution >= 0.6 is 0 Å². The zero-order chi connectivity index (χ0) is 21.6. The summed E-state index contributed by atoms with van der Waals surface area (Å²) < 4.78 is 7.21. The van der Waals surface area contributed by atoms with Gasteiger partial charge in [-0.25, -0.2) is 9.67 Å². The Morgan fingerprint density at radius 2 is 1.81 bits per heavy atom. The van der Waals surface area contributed by atoms with Crippen LogP contribution in [0.25, 0.3) is 11.4 Å². The molecular formula is C22H17N5O4. The van der Waals surface area contributed by atoms with Gasteiger partial charge in [0.15, 0.2) is 11.6 Å². The molecule has 9 nitrogen and oxygen atoms in total. The van der Waals surface area contributed by atoms with Crippen molar-refractivity contribution in [3.63, 3.8) is 0 Å². The molecule has 154 valence electrons. The molecule has 0 fully saturated rings. The number of anilines is 1. The maximum Gasteiger partial charge on any atom is 0.270 e. The zero-order valence-corrected chi connectivity index (χ0v) is 16.2. The molecule has 0 aliphatic heterocycles. The number of benzene rings is 3. The predicted molar refractivity (Wildman–Crippen MR) is 114 cm³/mol. The first-order valence-corrected chi connectivity index (χ1v) is 9.34. The number of nitrogens with one attached hydrogen (secondary N) is 1. The lowest BCUT2D eigenvalue weighted by molar-refractivity contribution is -0.384. The Labute approximate surface area is 177 Å². The van der Waals surface area contributed by atoms with Crippen molar-refractivity contribution < 1.29 is 14.5 Å². The molecule has 0 saturated heterocycles. The molecule has 1 aromatic heterocycles. The number of hydrogen-bond donors (Lipinski definition) is 1. The minimum Gasteiger partial charge on any atom is -0.455 e. The highest BCUT2D eigenvalue weighted by Gasteiger charge is 2.13.